The third kappa shape index (κ3) is 10.1. The van der Waals surface area contributed by atoms with Crippen molar-refractivity contribution in [1.82, 2.24) is 13.9 Å². The van der Waals surface area contributed by atoms with E-state index in [1.54, 1.807) is 7.05 Å². The van der Waals surface area contributed by atoms with Crippen molar-refractivity contribution in [3.8, 4) is 0 Å². The SMILES string of the molecule is C=CCN(C)CCCCCCCOC1CCC(N(C)S(=O)(=O)NCc2ccccc2)CC1. The average molecular weight is 466 g/mol. The van der Waals surface area contributed by atoms with Gasteiger partial charge in [0, 0.05) is 32.8 Å². The van der Waals surface area contributed by atoms with Gasteiger partial charge in [0.15, 0.2) is 0 Å². The number of nitrogens with one attached hydrogen (secondary N) is 1. The third-order valence-corrected chi connectivity index (χ3v) is 7.88. The Kier molecular flexibility index (Phi) is 12.5. The summed E-state index contributed by atoms with van der Waals surface area (Å²) in [4.78, 5) is 2.30. The summed E-state index contributed by atoms with van der Waals surface area (Å²) in [6.07, 6.45) is 11.9. The zero-order valence-corrected chi connectivity index (χ0v) is 20.9. The van der Waals surface area contributed by atoms with Crippen LogP contribution in [0.15, 0.2) is 43.0 Å². The van der Waals surface area contributed by atoms with Gasteiger partial charge in [0.25, 0.3) is 10.2 Å². The van der Waals surface area contributed by atoms with Crippen LogP contribution in [0.3, 0.4) is 0 Å². The van der Waals surface area contributed by atoms with E-state index in [0.29, 0.717) is 6.54 Å². The van der Waals surface area contributed by atoms with Crippen molar-refractivity contribution in [1.29, 1.82) is 0 Å². The van der Waals surface area contributed by atoms with Gasteiger partial charge in [0.1, 0.15) is 0 Å². The van der Waals surface area contributed by atoms with Gasteiger partial charge < -0.3 is 9.64 Å². The van der Waals surface area contributed by atoms with Crippen LogP contribution < -0.4 is 4.72 Å². The van der Waals surface area contributed by atoms with Crippen LogP contribution >= 0.6 is 0 Å². The highest BCUT2D eigenvalue weighted by atomic mass is 32.2. The lowest BCUT2D eigenvalue weighted by Crippen LogP contribution is -2.45. The van der Waals surface area contributed by atoms with E-state index < -0.39 is 10.2 Å². The summed E-state index contributed by atoms with van der Waals surface area (Å²) in [6, 6.07) is 9.65. The van der Waals surface area contributed by atoms with Gasteiger partial charge >= 0.3 is 0 Å². The van der Waals surface area contributed by atoms with Crippen LogP contribution in [0.5, 0.6) is 0 Å². The van der Waals surface area contributed by atoms with E-state index in [1.807, 2.05) is 36.4 Å². The van der Waals surface area contributed by atoms with Crippen molar-refractivity contribution in [3.05, 3.63) is 48.6 Å². The molecule has 0 atom stereocenters. The Hall–Kier alpha value is -1.25. The van der Waals surface area contributed by atoms with Gasteiger partial charge in [-0.3, -0.25) is 0 Å². The Morgan fingerprint density at radius 3 is 2.38 bits per heavy atom. The highest BCUT2D eigenvalue weighted by Crippen LogP contribution is 2.26. The summed E-state index contributed by atoms with van der Waals surface area (Å²) >= 11 is 0. The first-order valence-corrected chi connectivity index (χ1v) is 13.5. The number of nitrogens with zero attached hydrogens (tertiary/aromatic N) is 2. The molecule has 2 rings (SSSR count). The van der Waals surface area contributed by atoms with Crippen molar-refractivity contribution in [2.45, 2.75) is 76.5 Å². The van der Waals surface area contributed by atoms with Gasteiger partial charge in [-0.2, -0.15) is 17.4 Å². The molecule has 0 bridgehead atoms. The monoisotopic (exact) mass is 465 g/mol. The van der Waals surface area contributed by atoms with Crippen LogP contribution in [0.2, 0.25) is 0 Å². The summed E-state index contributed by atoms with van der Waals surface area (Å²) in [5, 5.41) is 0. The molecule has 1 N–H and O–H groups in total. The van der Waals surface area contributed by atoms with E-state index in [4.69, 9.17) is 4.74 Å². The van der Waals surface area contributed by atoms with Crippen molar-refractivity contribution in [3.63, 3.8) is 0 Å². The summed E-state index contributed by atoms with van der Waals surface area (Å²) in [7, 11) is 0.345. The molecule has 0 radical (unpaired) electrons. The molecule has 32 heavy (non-hydrogen) atoms. The van der Waals surface area contributed by atoms with E-state index in [-0.39, 0.29) is 12.1 Å². The Balaban J connectivity index is 1.55. The molecule has 0 saturated heterocycles. The lowest BCUT2D eigenvalue weighted by Gasteiger charge is -2.34. The number of unbranched alkanes of at least 4 members (excludes halogenated alkanes) is 4. The minimum atomic E-state index is -3.48. The maximum absolute atomic E-state index is 12.6. The van der Waals surface area contributed by atoms with Crippen LogP contribution in [0, 0.1) is 0 Å². The van der Waals surface area contributed by atoms with Gasteiger partial charge in [-0.25, -0.2) is 0 Å². The highest BCUT2D eigenvalue weighted by Gasteiger charge is 2.30. The first-order valence-electron chi connectivity index (χ1n) is 12.1. The molecule has 1 aromatic rings. The zero-order chi connectivity index (χ0) is 23.2. The topological polar surface area (TPSA) is 61.9 Å². The molecule has 0 aromatic heterocycles. The molecule has 1 aliphatic carbocycles. The number of likely N-dealkylation sites (N-methyl/N-ethyl adjacent to an activating group) is 1. The molecule has 0 heterocycles. The molecule has 0 aliphatic heterocycles. The van der Waals surface area contributed by atoms with Crippen LogP contribution in [0.25, 0.3) is 0 Å². The zero-order valence-electron chi connectivity index (χ0n) is 20.0. The summed E-state index contributed by atoms with van der Waals surface area (Å²) < 4.78 is 35.6. The molecule has 1 aromatic carbocycles. The predicted molar refractivity (Wildman–Crippen MR) is 133 cm³/mol. The van der Waals surface area contributed by atoms with Crippen LogP contribution in [0.4, 0.5) is 0 Å². The minimum Gasteiger partial charge on any atom is -0.378 e. The Morgan fingerprint density at radius 1 is 1.03 bits per heavy atom. The summed E-state index contributed by atoms with van der Waals surface area (Å²) in [5.74, 6) is 0. The predicted octanol–water partition coefficient (Wildman–Crippen LogP) is 4.35. The largest absolute Gasteiger partial charge is 0.378 e. The normalized spacial score (nSPS) is 19.5. The Labute approximate surface area is 196 Å². The van der Waals surface area contributed by atoms with Gasteiger partial charge in [-0.15, -0.1) is 6.58 Å². The lowest BCUT2D eigenvalue weighted by atomic mass is 9.93. The standard InChI is InChI=1S/C25H43N3O3S/c1-4-19-27(2)20-11-6-5-7-12-21-31-25-17-15-24(16-18-25)28(3)32(29,30)26-22-23-13-9-8-10-14-23/h4,8-10,13-14,24-26H,1,5-7,11-12,15-22H2,2-3H3. The first-order chi connectivity index (χ1) is 15.4. The number of ether oxygens (including phenoxy) is 1. The maximum atomic E-state index is 12.6. The van der Waals surface area contributed by atoms with Gasteiger partial charge in [-0.1, -0.05) is 55.7 Å². The lowest BCUT2D eigenvalue weighted by molar-refractivity contribution is 0.0156. The molecular formula is C25H43N3O3S. The molecule has 0 unspecified atom stereocenters. The van der Waals surface area contributed by atoms with Crippen molar-refractivity contribution < 1.29 is 13.2 Å². The van der Waals surface area contributed by atoms with Crippen molar-refractivity contribution in [2.75, 3.05) is 33.8 Å². The fraction of sp³-hybridized carbons (Fsp3) is 0.680. The quantitative estimate of drug-likeness (QED) is 0.291. The molecule has 182 valence electrons. The van der Waals surface area contributed by atoms with Crippen LogP contribution in [-0.4, -0.2) is 63.6 Å². The smallest absolute Gasteiger partial charge is 0.279 e. The Bertz CT molecular complexity index is 734. The number of rotatable bonds is 16. The Morgan fingerprint density at radius 2 is 1.69 bits per heavy atom. The minimum absolute atomic E-state index is 0.0438. The van der Waals surface area contributed by atoms with Crippen molar-refractivity contribution >= 4 is 10.2 Å². The van der Waals surface area contributed by atoms with E-state index >= 15 is 0 Å². The molecule has 1 fully saturated rings. The van der Waals surface area contributed by atoms with E-state index in [0.717, 1.165) is 57.4 Å². The first kappa shape index (κ1) is 27.0. The van der Waals surface area contributed by atoms with Crippen LogP contribution in [-0.2, 0) is 21.5 Å². The molecule has 6 nitrogen and oxygen atoms in total. The summed E-state index contributed by atoms with van der Waals surface area (Å²) in [6.45, 7) is 7.00. The third-order valence-electron chi connectivity index (χ3n) is 6.32. The van der Waals surface area contributed by atoms with Gasteiger partial charge in [-0.05, 0) is 57.7 Å². The maximum Gasteiger partial charge on any atom is 0.279 e. The summed E-state index contributed by atoms with van der Waals surface area (Å²) in [5.41, 5.74) is 0.960. The fourth-order valence-corrected chi connectivity index (χ4v) is 5.38. The second kappa shape index (κ2) is 14.8. The van der Waals surface area contributed by atoms with Crippen LogP contribution in [0.1, 0.15) is 63.4 Å². The number of benzene rings is 1. The number of hydrogen-bond donors (Lipinski definition) is 1. The van der Waals surface area contributed by atoms with Gasteiger partial charge in [0.2, 0.25) is 0 Å². The molecule has 7 heteroatoms. The van der Waals surface area contributed by atoms with E-state index in [2.05, 4.69) is 23.2 Å². The van der Waals surface area contributed by atoms with Gasteiger partial charge in [0.05, 0.1) is 6.10 Å². The number of hydrogen-bond acceptors (Lipinski definition) is 4. The molecule has 1 saturated carbocycles. The second-order valence-corrected chi connectivity index (χ2v) is 10.8. The second-order valence-electron chi connectivity index (χ2n) is 8.95. The van der Waals surface area contributed by atoms with E-state index in [9.17, 15) is 8.42 Å². The van der Waals surface area contributed by atoms with E-state index in [1.165, 1.54) is 30.0 Å². The molecule has 1 aliphatic rings. The molecular weight excluding hydrogens is 422 g/mol. The molecule has 0 amide bonds. The molecule has 0 spiro atoms. The highest BCUT2D eigenvalue weighted by molar-refractivity contribution is 7.87. The van der Waals surface area contributed by atoms with Crippen molar-refractivity contribution in [2.24, 2.45) is 0 Å². The average Bonchev–Trinajstić information content (AvgIpc) is 2.80. The fourth-order valence-electron chi connectivity index (χ4n) is 4.22.